The largest absolute Gasteiger partial charge is 0.497 e. The summed E-state index contributed by atoms with van der Waals surface area (Å²) in [4.78, 5) is 0.0540. The van der Waals surface area contributed by atoms with Gasteiger partial charge in [-0.1, -0.05) is 0 Å². The first-order chi connectivity index (χ1) is 5.69. The number of hydrogen-bond acceptors (Lipinski definition) is 3. The third-order valence-corrected chi connectivity index (χ3v) is 1.85. The molecule has 0 unspecified atom stereocenters. The second kappa shape index (κ2) is 3.46. The number of nitriles is 1. The molecule has 0 aliphatic carbocycles. The smallest absolute Gasteiger partial charge is 0.141 e. The van der Waals surface area contributed by atoms with Crippen LogP contribution in [0.25, 0.3) is 0 Å². The van der Waals surface area contributed by atoms with Crippen molar-refractivity contribution in [3.63, 3.8) is 0 Å². The van der Waals surface area contributed by atoms with Crippen molar-refractivity contribution in [2.45, 2.75) is 4.90 Å². The van der Waals surface area contributed by atoms with Crippen molar-refractivity contribution in [3.8, 4) is 11.8 Å². The minimum atomic E-state index is -0.547. The van der Waals surface area contributed by atoms with E-state index in [2.05, 4.69) is 12.6 Å². The third-order valence-electron chi connectivity index (χ3n) is 1.39. The lowest BCUT2D eigenvalue weighted by Crippen LogP contribution is -1.89. The Morgan fingerprint density at radius 1 is 1.58 bits per heavy atom. The molecule has 1 rings (SSSR count). The van der Waals surface area contributed by atoms with Crippen molar-refractivity contribution in [2.24, 2.45) is 0 Å². The van der Waals surface area contributed by atoms with Crippen LogP contribution in [0.15, 0.2) is 17.0 Å². The Bertz CT molecular complexity index is 346. The molecule has 12 heavy (non-hydrogen) atoms. The molecule has 1 aromatic carbocycles. The maximum Gasteiger partial charge on any atom is 0.141 e. The Balaban J connectivity index is 3.31. The fourth-order valence-corrected chi connectivity index (χ4v) is 0.956. The predicted molar refractivity (Wildman–Crippen MR) is 44.9 cm³/mol. The van der Waals surface area contributed by atoms with Crippen LogP contribution in [0.2, 0.25) is 0 Å². The molecule has 0 aliphatic rings. The van der Waals surface area contributed by atoms with Gasteiger partial charge in [-0.2, -0.15) is 5.26 Å². The number of halogens is 1. The zero-order valence-corrected chi connectivity index (χ0v) is 7.23. The van der Waals surface area contributed by atoms with Crippen LogP contribution >= 0.6 is 12.6 Å². The summed E-state index contributed by atoms with van der Waals surface area (Å²) in [7, 11) is 1.41. The van der Waals surface area contributed by atoms with Crippen molar-refractivity contribution in [2.75, 3.05) is 7.11 Å². The van der Waals surface area contributed by atoms with Crippen LogP contribution in [0, 0.1) is 17.1 Å². The van der Waals surface area contributed by atoms with Crippen molar-refractivity contribution in [3.05, 3.63) is 23.5 Å². The Morgan fingerprint density at radius 3 is 2.75 bits per heavy atom. The molecule has 0 radical (unpaired) electrons. The molecule has 0 atom stereocenters. The normalized spacial score (nSPS) is 9.17. The summed E-state index contributed by atoms with van der Waals surface area (Å²) >= 11 is 3.82. The molecule has 0 aliphatic heterocycles. The zero-order valence-electron chi connectivity index (χ0n) is 6.34. The number of hydrogen-bond donors (Lipinski definition) is 1. The van der Waals surface area contributed by atoms with Gasteiger partial charge in [0.2, 0.25) is 0 Å². The molecule has 0 spiro atoms. The predicted octanol–water partition coefficient (Wildman–Crippen LogP) is 1.99. The number of thiol groups is 1. The van der Waals surface area contributed by atoms with Crippen molar-refractivity contribution in [1.29, 1.82) is 5.26 Å². The van der Waals surface area contributed by atoms with Crippen LogP contribution in [0.1, 0.15) is 5.56 Å². The number of benzene rings is 1. The van der Waals surface area contributed by atoms with E-state index in [4.69, 9.17) is 10.00 Å². The average molecular weight is 183 g/mol. The quantitative estimate of drug-likeness (QED) is 0.675. The maximum absolute atomic E-state index is 12.9. The highest BCUT2D eigenvalue weighted by Gasteiger charge is 2.06. The van der Waals surface area contributed by atoms with E-state index >= 15 is 0 Å². The van der Waals surface area contributed by atoms with Crippen molar-refractivity contribution in [1.82, 2.24) is 0 Å². The lowest BCUT2D eigenvalue weighted by atomic mass is 10.2. The molecule has 4 heteroatoms. The summed E-state index contributed by atoms with van der Waals surface area (Å²) < 4.78 is 17.7. The molecule has 0 amide bonds. The van der Waals surface area contributed by atoms with Crippen LogP contribution < -0.4 is 4.74 Å². The fourth-order valence-electron chi connectivity index (χ4n) is 0.777. The Morgan fingerprint density at radius 2 is 2.25 bits per heavy atom. The lowest BCUT2D eigenvalue weighted by molar-refractivity contribution is 0.410. The second-order valence-corrected chi connectivity index (χ2v) is 2.56. The first-order valence-corrected chi connectivity index (χ1v) is 3.60. The standard InChI is InChI=1S/C8H6FNOS/c1-11-6-2-5(4-10)8(12)7(9)3-6/h2-3,12H,1H3. The van der Waals surface area contributed by atoms with Gasteiger partial charge in [-0.05, 0) is 6.07 Å². The summed E-state index contributed by atoms with van der Waals surface area (Å²) in [6.45, 7) is 0. The molecule has 2 nitrogen and oxygen atoms in total. The van der Waals surface area contributed by atoms with Gasteiger partial charge in [0, 0.05) is 6.07 Å². The zero-order chi connectivity index (χ0) is 9.14. The first-order valence-electron chi connectivity index (χ1n) is 3.15. The first kappa shape index (κ1) is 8.88. The van der Waals surface area contributed by atoms with Crippen LogP contribution in [-0.2, 0) is 0 Å². The van der Waals surface area contributed by atoms with Crippen LogP contribution in [-0.4, -0.2) is 7.11 Å². The number of methoxy groups -OCH3 is 1. The van der Waals surface area contributed by atoms with Gasteiger partial charge < -0.3 is 4.74 Å². The second-order valence-electron chi connectivity index (χ2n) is 2.12. The fraction of sp³-hybridized carbons (Fsp3) is 0.125. The molecular weight excluding hydrogens is 177 g/mol. The molecule has 0 saturated carbocycles. The molecule has 0 fully saturated rings. The molecule has 0 bridgehead atoms. The molecule has 0 aromatic heterocycles. The van der Waals surface area contributed by atoms with E-state index in [1.165, 1.54) is 19.2 Å². The van der Waals surface area contributed by atoms with Gasteiger partial charge in [0.25, 0.3) is 0 Å². The van der Waals surface area contributed by atoms with E-state index in [1.54, 1.807) is 0 Å². The van der Waals surface area contributed by atoms with Gasteiger partial charge in [-0.3, -0.25) is 0 Å². The highest BCUT2D eigenvalue weighted by molar-refractivity contribution is 7.80. The molecule has 62 valence electrons. The summed E-state index contributed by atoms with van der Waals surface area (Å²) in [6, 6.07) is 4.43. The monoisotopic (exact) mass is 183 g/mol. The van der Waals surface area contributed by atoms with E-state index in [0.717, 1.165) is 0 Å². The van der Waals surface area contributed by atoms with Crippen LogP contribution in [0.3, 0.4) is 0 Å². The molecule has 0 N–H and O–H groups in total. The van der Waals surface area contributed by atoms with E-state index in [0.29, 0.717) is 5.75 Å². The van der Waals surface area contributed by atoms with E-state index < -0.39 is 5.82 Å². The van der Waals surface area contributed by atoms with Gasteiger partial charge in [0.1, 0.15) is 17.6 Å². The third kappa shape index (κ3) is 1.51. The summed E-state index contributed by atoms with van der Waals surface area (Å²) in [5, 5.41) is 8.54. The Hall–Kier alpha value is -1.21. The minimum absolute atomic E-state index is 0.0540. The summed E-state index contributed by atoms with van der Waals surface area (Å²) in [6.07, 6.45) is 0. The van der Waals surface area contributed by atoms with Crippen LogP contribution in [0.5, 0.6) is 5.75 Å². The van der Waals surface area contributed by atoms with Gasteiger partial charge >= 0.3 is 0 Å². The van der Waals surface area contributed by atoms with Gasteiger partial charge in [-0.15, -0.1) is 12.6 Å². The van der Waals surface area contributed by atoms with Gasteiger partial charge in [0.05, 0.1) is 17.6 Å². The van der Waals surface area contributed by atoms with Crippen LogP contribution in [0.4, 0.5) is 4.39 Å². The highest BCUT2D eigenvalue weighted by atomic mass is 32.1. The molecule has 0 heterocycles. The molecule has 1 aromatic rings. The van der Waals surface area contributed by atoms with E-state index in [-0.39, 0.29) is 10.5 Å². The van der Waals surface area contributed by atoms with Gasteiger partial charge in [-0.25, -0.2) is 4.39 Å². The topological polar surface area (TPSA) is 33.0 Å². The highest BCUT2D eigenvalue weighted by Crippen LogP contribution is 2.23. The van der Waals surface area contributed by atoms with Crippen molar-refractivity contribution >= 4 is 12.6 Å². The van der Waals surface area contributed by atoms with Crippen molar-refractivity contribution < 1.29 is 9.13 Å². The van der Waals surface area contributed by atoms with E-state index in [1.807, 2.05) is 6.07 Å². The number of rotatable bonds is 1. The lowest BCUT2D eigenvalue weighted by Gasteiger charge is -2.02. The SMILES string of the molecule is COc1cc(F)c(S)c(C#N)c1. The van der Waals surface area contributed by atoms with E-state index in [9.17, 15) is 4.39 Å². The molecular formula is C8H6FNOS. The van der Waals surface area contributed by atoms with Gasteiger partial charge in [0.15, 0.2) is 0 Å². The minimum Gasteiger partial charge on any atom is -0.497 e. The average Bonchev–Trinajstić information content (AvgIpc) is 2.09. The summed E-state index contributed by atoms with van der Waals surface area (Å²) in [5.74, 6) is -0.226. The maximum atomic E-state index is 12.9. The Kier molecular flexibility index (Phi) is 2.56. The Labute approximate surface area is 75.0 Å². The number of ether oxygens (including phenoxy) is 1. The summed E-state index contributed by atoms with van der Waals surface area (Å²) in [5.41, 5.74) is 0.176. The number of nitrogens with zero attached hydrogens (tertiary/aromatic N) is 1. The molecule has 0 saturated heterocycles.